The van der Waals surface area contributed by atoms with Crippen LogP contribution in [0.25, 0.3) is 5.82 Å². The minimum absolute atomic E-state index is 0.0946. The van der Waals surface area contributed by atoms with Gasteiger partial charge in [0.2, 0.25) is 0 Å². The van der Waals surface area contributed by atoms with Crippen molar-refractivity contribution in [3.63, 3.8) is 0 Å². The highest BCUT2D eigenvalue weighted by Gasteiger charge is 2.36. The maximum atomic E-state index is 12.6. The second-order valence-electron chi connectivity index (χ2n) is 6.28. The number of aliphatic hydroxyl groups excluding tert-OH is 1. The minimum atomic E-state index is -4.55. The van der Waals surface area contributed by atoms with Crippen molar-refractivity contribution in [3.05, 3.63) is 70.3 Å². The molecule has 0 aliphatic heterocycles. The number of amides is 1. The highest BCUT2D eigenvalue weighted by molar-refractivity contribution is 5.93. The molecule has 2 heterocycles. The number of hydrogen-bond donors (Lipinski definition) is 3. The molecule has 2 unspecified atom stereocenters. The Morgan fingerprint density at radius 3 is 2.71 bits per heavy atom. The summed E-state index contributed by atoms with van der Waals surface area (Å²) in [7, 11) is 0. The Morgan fingerprint density at radius 2 is 2.14 bits per heavy atom. The fraction of sp³-hybridized carbons (Fsp3) is 0.278. The van der Waals surface area contributed by atoms with E-state index in [0.717, 1.165) is 22.9 Å². The van der Waals surface area contributed by atoms with Gasteiger partial charge in [0.25, 0.3) is 11.5 Å². The first-order valence-electron chi connectivity index (χ1n) is 8.38. The molecule has 0 saturated heterocycles. The maximum absolute atomic E-state index is 12.6. The number of aromatic nitrogens is 3. The molecule has 1 aliphatic carbocycles. The third kappa shape index (κ3) is 3.63. The largest absolute Gasteiger partial charge is 0.417 e. The monoisotopic (exact) mass is 394 g/mol. The van der Waals surface area contributed by atoms with Gasteiger partial charge in [-0.25, -0.2) is 9.67 Å². The first-order valence-corrected chi connectivity index (χ1v) is 8.38. The average molecular weight is 394 g/mol. The van der Waals surface area contributed by atoms with E-state index in [9.17, 15) is 27.9 Å². The van der Waals surface area contributed by atoms with Crippen molar-refractivity contribution in [3.8, 4) is 5.82 Å². The van der Waals surface area contributed by atoms with E-state index in [0.29, 0.717) is 12.6 Å². The summed E-state index contributed by atoms with van der Waals surface area (Å²) in [6.07, 6.45) is 2.03. The Balaban J connectivity index is 1.86. The van der Waals surface area contributed by atoms with E-state index in [1.165, 1.54) is 6.08 Å². The zero-order valence-corrected chi connectivity index (χ0v) is 14.7. The van der Waals surface area contributed by atoms with Crippen LogP contribution >= 0.6 is 0 Å². The Labute approximate surface area is 157 Å². The first-order chi connectivity index (χ1) is 13.2. The van der Waals surface area contributed by atoms with E-state index in [-0.39, 0.29) is 11.5 Å². The maximum Gasteiger partial charge on any atom is 0.417 e. The van der Waals surface area contributed by atoms with Crippen molar-refractivity contribution in [1.82, 2.24) is 20.1 Å². The van der Waals surface area contributed by atoms with Gasteiger partial charge < -0.3 is 10.4 Å². The summed E-state index contributed by atoms with van der Waals surface area (Å²) in [5.74, 6) is -0.744. The number of aliphatic hydroxyl groups is 1. The number of hydrogen-bond acceptors (Lipinski definition) is 4. The summed E-state index contributed by atoms with van der Waals surface area (Å²) in [4.78, 5) is 28.3. The van der Waals surface area contributed by atoms with Crippen LogP contribution in [0.1, 0.15) is 29.4 Å². The van der Waals surface area contributed by atoms with Crippen LogP contribution in [-0.4, -0.2) is 37.4 Å². The highest BCUT2D eigenvalue weighted by Crippen LogP contribution is 2.28. The fourth-order valence-electron chi connectivity index (χ4n) is 2.85. The number of rotatable bonds is 4. The van der Waals surface area contributed by atoms with E-state index >= 15 is 0 Å². The number of carbonyl (C=O) groups is 1. The van der Waals surface area contributed by atoms with Gasteiger partial charge in [-0.2, -0.15) is 13.2 Å². The summed E-state index contributed by atoms with van der Waals surface area (Å²) < 4.78 is 38.8. The summed E-state index contributed by atoms with van der Waals surface area (Å²) in [5, 5.41) is 15.4. The molecule has 7 nitrogen and oxygen atoms in total. The van der Waals surface area contributed by atoms with E-state index in [1.807, 2.05) is 0 Å². The number of aromatic amines is 1. The van der Waals surface area contributed by atoms with Gasteiger partial charge in [0.1, 0.15) is 5.69 Å². The van der Waals surface area contributed by atoms with E-state index in [4.69, 9.17) is 0 Å². The number of pyridine rings is 1. The molecule has 1 aliphatic rings. The van der Waals surface area contributed by atoms with Gasteiger partial charge in [0.15, 0.2) is 5.82 Å². The van der Waals surface area contributed by atoms with Crippen molar-refractivity contribution < 1.29 is 23.1 Å². The third-order valence-electron chi connectivity index (χ3n) is 4.53. The molecule has 148 valence electrons. The molecule has 10 heteroatoms. The molecule has 3 N–H and O–H groups in total. The Kier molecular flexibility index (Phi) is 4.99. The van der Waals surface area contributed by atoms with Gasteiger partial charge in [-0.05, 0) is 18.6 Å². The summed E-state index contributed by atoms with van der Waals surface area (Å²) in [6, 6.07) is 2.82. The highest BCUT2D eigenvalue weighted by atomic mass is 19.4. The lowest BCUT2D eigenvalue weighted by Gasteiger charge is -2.35. The van der Waals surface area contributed by atoms with E-state index in [1.54, 1.807) is 25.2 Å². The second kappa shape index (κ2) is 7.12. The molecular formula is C18H17F3N4O3. The molecule has 2 aromatic heterocycles. The number of nitrogens with one attached hydrogen (secondary N) is 2. The first kappa shape index (κ1) is 19.6. The van der Waals surface area contributed by atoms with Crippen LogP contribution in [0.5, 0.6) is 0 Å². The number of halogens is 3. The lowest BCUT2D eigenvalue weighted by atomic mass is 9.85. The molecule has 0 fully saturated rings. The van der Waals surface area contributed by atoms with Crippen molar-refractivity contribution in [2.75, 3.05) is 0 Å². The van der Waals surface area contributed by atoms with Gasteiger partial charge >= 0.3 is 6.18 Å². The predicted molar refractivity (Wildman–Crippen MR) is 94.0 cm³/mol. The molecule has 0 saturated carbocycles. The SMILES string of the molecule is CCC1(NC(=O)c2cc(=O)n(-c3ccc(C(F)(F)F)cn3)[nH]2)C=CC=CC1O. The summed E-state index contributed by atoms with van der Waals surface area (Å²) in [6.45, 7) is 1.78. The van der Waals surface area contributed by atoms with Crippen LogP contribution in [0, 0.1) is 0 Å². The fourth-order valence-corrected chi connectivity index (χ4v) is 2.85. The van der Waals surface area contributed by atoms with Crippen LogP contribution in [0.2, 0.25) is 0 Å². The van der Waals surface area contributed by atoms with Crippen LogP contribution < -0.4 is 10.9 Å². The van der Waals surface area contributed by atoms with Crippen molar-refractivity contribution in [2.24, 2.45) is 0 Å². The summed E-state index contributed by atoms with van der Waals surface area (Å²) >= 11 is 0. The standard InChI is InChI=1S/C18H17F3N4O3/c1-2-17(8-4-3-5-13(17)26)23-16(28)12-9-15(27)25(24-12)14-7-6-11(10-22-14)18(19,20)21/h3-10,13,24,26H,2H2,1H3,(H,23,28). The number of allylic oxidation sites excluding steroid dienone is 2. The topological polar surface area (TPSA) is 100 Å². The minimum Gasteiger partial charge on any atom is -0.386 e. The second-order valence-corrected chi connectivity index (χ2v) is 6.28. The quantitative estimate of drug-likeness (QED) is 0.738. The molecule has 0 aromatic carbocycles. The molecular weight excluding hydrogens is 377 g/mol. The predicted octanol–water partition coefficient (Wildman–Crippen LogP) is 1.94. The number of nitrogens with zero attached hydrogens (tertiary/aromatic N) is 2. The average Bonchev–Trinajstić information content (AvgIpc) is 3.05. The molecule has 0 spiro atoms. The molecule has 2 atom stereocenters. The van der Waals surface area contributed by atoms with Crippen molar-refractivity contribution in [2.45, 2.75) is 31.2 Å². The number of carbonyl (C=O) groups excluding carboxylic acids is 1. The van der Waals surface area contributed by atoms with Gasteiger partial charge in [-0.15, -0.1) is 0 Å². The van der Waals surface area contributed by atoms with Gasteiger partial charge in [0, 0.05) is 12.3 Å². The molecule has 28 heavy (non-hydrogen) atoms. The van der Waals surface area contributed by atoms with Crippen molar-refractivity contribution >= 4 is 5.91 Å². The zero-order chi connectivity index (χ0) is 20.5. The van der Waals surface area contributed by atoms with Crippen LogP contribution in [0.15, 0.2) is 53.5 Å². The molecule has 3 rings (SSSR count). The molecule has 0 radical (unpaired) electrons. The third-order valence-corrected chi connectivity index (χ3v) is 4.53. The smallest absolute Gasteiger partial charge is 0.386 e. The Hall–Kier alpha value is -3.14. The lowest BCUT2D eigenvalue weighted by Crippen LogP contribution is -2.55. The normalized spacial score (nSPS) is 21.7. The lowest BCUT2D eigenvalue weighted by molar-refractivity contribution is -0.137. The summed E-state index contributed by atoms with van der Waals surface area (Å²) in [5.41, 5.74) is -2.76. The van der Waals surface area contributed by atoms with Crippen LogP contribution in [0.3, 0.4) is 0 Å². The Bertz CT molecular complexity index is 989. The molecule has 0 bridgehead atoms. The molecule has 2 aromatic rings. The van der Waals surface area contributed by atoms with Crippen molar-refractivity contribution in [1.29, 1.82) is 0 Å². The zero-order valence-electron chi connectivity index (χ0n) is 14.7. The number of H-pyrrole nitrogens is 1. The van der Waals surface area contributed by atoms with Gasteiger partial charge in [0.05, 0.1) is 17.2 Å². The van der Waals surface area contributed by atoms with Gasteiger partial charge in [-0.3, -0.25) is 14.7 Å². The van der Waals surface area contributed by atoms with Crippen LogP contribution in [0.4, 0.5) is 13.2 Å². The molecule has 1 amide bonds. The Morgan fingerprint density at radius 1 is 1.39 bits per heavy atom. The van der Waals surface area contributed by atoms with E-state index in [2.05, 4.69) is 15.4 Å². The van der Waals surface area contributed by atoms with E-state index < -0.39 is 34.8 Å². The van der Waals surface area contributed by atoms with Crippen LogP contribution in [-0.2, 0) is 6.18 Å². The van der Waals surface area contributed by atoms with Gasteiger partial charge in [-0.1, -0.05) is 31.2 Å². The number of alkyl halides is 3.